The van der Waals surface area contributed by atoms with Gasteiger partial charge in [-0.15, -0.1) is 0 Å². The van der Waals surface area contributed by atoms with Gasteiger partial charge in [0.1, 0.15) is 0 Å². The number of hydrogen-bond donors (Lipinski definition) is 1. The van der Waals surface area contributed by atoms with Gasteiger partial charge >= 0.3 is 0 Å². The van der Waals surface area contributed by atoms with Crippen molar-refractivity contribution in [3.8, 4) is 0 Å². The van der Waals surface area contributed by atoms with E-state index in [1.807, 2.05) is 44.2 Å². The molecule has 3 heteroatoms. The Morgan fingerprint density at radius 2 is 1.84 bits per heavy atom. The summed E-state index contributed by atoms with van der Waals surface area (Å²) in [6.45, 7) is 3.92. The fourth-order valence-electron chi connectivity index (χ4n) is 2.52. The highest BCUT2D eigenvalue weighted by Gasteiger charge is 2.36. The average Bonchev–Trinajstić information content (AvgIpc) is 2.66. The Morgan fingerprint density at radius 1 is 1.11 bits per heavy atom. The maximum Gasteiger partial charge on any atom is 0.261 e. The van der Waals surface area contributed by atoms with Crippen LogP contribution < -0.4 is 4.90 Å². The molecular weight excluding hydrogens is 238 g/mol. The zero-order valence-corrected chi connectivity index (χ0v) is 10.9. The van der Waals surface area contributed by atoms with Crippen molar-refractivity contribution in [2.75, 3.05) is 4.90 Å². The minimum atomic E-state index is -0.899. The van der Waals surface area contributed by atoms with Crippen LogP contribution in [0.3, 0.4) is 0 Å². The van der Waals surface area contributed by atoms with Crippen molar-refractivity contribution < 1.29 is 9.90 Å². The second-order valence-electron chi connectivity index (χ2n) is 4.93. The van der Waals surface area contributed by atoms with Crippen LogP contribution in [0.2, 0.25) is 0 Å². The zero-order chi connectivity index (χ0) is 13.6. The smallest absolute Gasteiger partial charge is 0.261 e. The molecule has 0 saturated carbocycles. The van der Waals surface area contributed by atoms with Gasteiger partial charge in [0, 0.05) is 11.1 Å². The fraction of sp³-hybridized carbons (Fsp3) is 0.188. The Morgan fingerprint density at radius 3 is 2.58 bits per heavy atom. The van der Waals surface area contributed by atoms with Crippen LogP contribution in [0.5, 0.6) is 0 Å². The fourth-order valence-corrected chi connectivity index (χ4v) is 2.52. The molecule has 0 fully saturated rings. The molecule has 2 aromatic carbocycles. The SMILES string of the molecule is Cc1ccc(C)c(N2C(=O)c3ccccc3C2O)c1. The molecule has 0 spiro atoms. The van der Waals surface area contributed by atoms with Gasteiger partial charge in [-0.1, -0.05) is 30.3 Å². The number of nitrogens with zero attached hydrogens (tertiary/aromatic N) is 1. The lowest BCUT2D eigenvalue weighted by Gasteiger charge is -2.23. The summed E-state index contributed by atoms with van der Waals surface area (Å²) in [5.74, 6) is -0.142. The van der Waals surface area contributed by atoms with E-state index in [0.717, 1.165) is 16.8 Å². The molecule has 2 aromatic rings. The summed E-state index contributed by atoms with van der Waals surface area (Å²) in [5.41, 5.74) is 4.07. The van der Waals surface area contributed by atoms with Crippen LogP contribution >= 0.6 is 0 Å². The zero-order valence-electron chi connectivity index (χ0n) is 10.9. The van der Waals surface area contributed by atoms with E-state index in [9.17, 15) is 9.90 Å². The van der Waals surface area contributed by atoms with Gasteiger partial charge in [0.15, 0.2) is 6.23 Å². The van der Waals surface area contributed by atoms with E-state index in [4.69, 9.17) is 0 Å². The molecule has 1 atom stereocenters. The summed E-state index contributed by atoms with van der Waals surface area (Å²) >= 11 is 0. The Kier molecular flexibility index (Phi) is 2.64. The van der Waals surface area contributed by atoms with Crippen molar-refractivity contribution in [2.45, 2.75) is 20.1 Å². The number of aliphatic hydroxyl groups excluding tert-OH is 1. The molecule has 1 amide bonds. The molecule has 96 valence electrons. The van der Waals surface area contributed by atoms with Gasteiger partial charge in [-0.2, -0.15) is 0 Å². The molecule has 19 heavy (non-hydrogen) atoms. The van der Waals surface area contributed by atoms with Gasteiger partial charge < -0.3 is 5.11 Å². The average molecular weight is 253 g/mol. The van der Waals surface area contributed by atoms with E-state index >= 15 is 0 Å². The number of fused-ring (bicyclic) bond motifs is 1. The minimum Gasteiger partial charge on any atom is -0.369 e. The van der Waals surface area contributed by atoms with Crippen molar-refractivity contribution in [1.29, 1.82) is 0 Å². The highest BCUT2D eigenvalue weighted by molar-refractivity contribution is 6.11. The van der Waals surface area contributed by atoms with Crippen molar-refractivity contribution in [3.05, 3.63) is 64.7 Å². The monoisotopic (exact) mass is 253 g/mol. The van der Waals surface area contributed by atoms with Crippen molar-refractivity contribution in [1.82, 2.24) is 0 Å². The molecule has 1 heterocycles. The van der Waals surface area contributed by atoms with Crippen molar-refractivity contribution >= 4 is 11.6 Å². The number of aryl methyl sites for hydroxylation is 2. The predicted octanol–water partition coefficient (Wildman–Crippen LogP) is 2.95. The van der Waals surface area contributed by atoms with E-state index in [1.54, 1.807) is 12.1 Å². The molecule has 0 radical (unpaired) electrons. The summed E-state index contributed by atoms with van der Waals surface area (Å²) in [4.78, 5) is 13.9. The number of carbonyl (C=O) groups excluding carboxylic acids is 1. The van der Waals surface area contributed by atoms with Crippen LogP contribution in [0.1, 0.15) is 33.3 Å². The number of aliphatic hydroxyl groups is 1. The first-order valence-corrected chi connectivity index (χ1v) is 6.27. The van der Waals surface area contributed by atoms with Gasteiger partial charge in [0.05, 0.1) is 5.69 Å². The lowest BCUT2D eigenvalue weighted by Crippen LogP contribution is -2.28. The molecule has 3 nitrogen and oxygen atoms in total. The molecule has 1 aliphatic heterocycles. The van der Waals surface area contributed by atoms with Gasteiger partial charge in [-0.3, -0.25) is 9.69 Å². The largest absolute Gasteiger partial charge is 0.369 e. The molecule has 0 aromatic heterocycles. The quantitative estimate of drug-likeness (QED) is 0.848. The minimum absolute atomic E-state index is 0.142. The van der Waals surface area contributed by atoms with Crippen LogP contribution in [0.25, 0.3) is 0 Å². The highest BCUT2D eigenvalue weighted by atomic mass is 16.3. The lowest BCUT2D eigenvalue weighted by atomic mass is 10.1. The number of hydrogen-bond acceptors (Lipinski definition) is 2. The van der Waals surface area contributed by atoms with Gasteiger partial charge in [0.2, 0.25) is 0 Å². The molecule has 0 bridgehead atoms. The lowest BCUT2D eigenvalue weighted by molar-refractivity contribution is 0.0935. The number of amides is 1. The number of anilines is 1. The third-order valence-electron chi connectivity index (χ3n) is 3.56. The maximum absolute atomic E-state index is 12.4. The second-order valence-corrected chi connectivity index (χ2v) is 4.93. The first kappa shape index (κ1) is 11.9. The van der Waals surface area contributed by atoms with Crippen LogP contribution in [-0.2, 0) is 0 Å². The van der Waals surface area contributed by atoms with E-state index in [-0.39, 0.29) is 5.91 Å². The van der Waals surface area contributed by atoms with Crippen LogP contribution in [0, 0.1) is 13.8 Å². The van der Waals surface area contributed by atoms with E-state index in [0.29, 0.717) is 11.1 Å². The number of rotatable bonds is 1. The molecule has 3 rings (SSSR count). The van der Waals surface area contributed by atoms with Crippen molar-refractivity contribution in [3.63, 3.8) is 0 Å². The summed E-state index contributed by atoms with van der Waals surface area (Å²) in [7, 11) is 0. The third kappa shape index (κ3) is 1.74. The molecule has 1 unspecified atom stereocenters. The topological polar surface area (TPSA) is 40.5 Å². The normalized spacial score (nSPS) is 17.7. The predicted molar refractivity (Wildman–Crippen MR) is 74.1 cm³/mol. The van der Waals surface area contributed by atoms with Crippen LogP contribution in [-0.4, -0.2) is 11.0 Å². The second kappa shape index (κ2) is 4.21. The number of carbonyl (C=O) groups is 1. The van der Waals surface area contributed by atoms with E-state index < -0.39 is 6.23 Å². The molecule has 1 N–H and O–H groups in total. The molecule has 0 aliphatic carbocycles. The summed E-state index contributed by atoms with van der Waals surface area (Å²) in [5, 5.41) is 10.4. The van der Waals surface area contributed by atoms with E-state index in [2.05, 4.69) is 0 Å². The van der Waals surface area contributed by atoms with Gasteiger partial charge in [0.25, 0.3) is 5.91 Å². The van der Waals surface area contributed by atoms with Crippen LogP contribution in [0.15, 0.2) is 42.5 Å². The van der Waals surface area contributed by atoms with Crippen molar-refractivity contribution in [2.24, 2.45) is 0 Å². The molecule has 0 saturated heterocycles. The first-order valence-electron chi connectivity index (χ1n) is 6.27. The standard InChI is InChI=1S/C16H15NO2/c1-10-7-8-11(2)14(9-10)17-15(18)12-5-3-4-6-13(12)16(17)19/h3-9,15,18H,1-2H3. The third-order valence-corrected chi connectivity index (χ3v) is 3.56. The van der Waals surface area contributed by atoms with Crippen LogP contribution in [0.4, 0.5) is 5.69 Å². The molecular formula is C16H15NO2. The molecule has 1 aliphatic rings. The van der Waals surface area contributed by atoms with E-state index in [1.165, 1.54) is 4.90 Å². The first-order chi connectivity index (χ1) is 9.09. The summed E-state index contributed by atoms with van der Waals surface area (Å²) < 4.78 is 0. The van der Waals surface area contributed by atoms with Gasteiger partial charge in [-0.05, 0) is 37.1 Å². The van der Waals surface area contributed by atoms with Gasteiger partial charge in [-0.25, -0.2) is 0 Å². The Bertz CT molecular complexity index is 664. The summed E-state index contributed by atoms with van der Waals surface area (Å²) in [6.07, 6.45) is -0.899. The number of benzene rings is 2. The highest BCUT2D eigenvalue weighted by Crippen LogP contribution is 2.37. The summed E-state index contributed by atoms with van der Waals surface area (Å²) in [6, 6.07) is 13.1. The Hall–Kier alpha value is -2.13. The Labute approximate surface area is 112 Å². The maximum atomic E-state index is 12.4. The Balaban J connectivity index is 2.14.